The van der Waals surface area contributed by atoms with Crippen molar-refractivity contribution in [2.24, 2.45) is 0 Å². The summed E-state index contributed by atoms with van der Waals surface area (Å²) in [6, 6.07) is 13.8. The second-order valence-electron chi connectivity index (χ2n) is 5.69. The number of nitrogens with one attached hydrogen (secondary N) is 1. The monoisotopic (exact) mass is 336 g/mol. The summed E-state index contributed by atoms with van der Waals surface area (Å²) >= 11 is 0. The van der Waals surface area contributed by atoms with Gasteiger partial charge in [-0.3, -0.25) is 9.78 Å². The van der Waals surface area contributed by atoms with E-state index in [1.54, 1.807) is 12.4 Å². The van der Waals surface area contributed by atoms with Gasteiger partial charge < -0.3 is 9.84 Å². The maximum absolute atomic E-state index is 11.9. The van der Waals surface area contributed by atoms with Crippen LogP contribution in [0.3, 0.4) is 0 Å². The van der Waals surface area contributed by atoms with Crippen LogP contribution in [0.5, 0.6) is 0 Å². The van der Waals surface area contributed by atoms with Crippen molar-refractivity contribution in [2.75, 3.05) is 6.54 Å². The zero-order valence-electron chi connectivity index (χ0n) is 13.9. The third-order valence-corrected chi connectivity index (χ3v) is 3.76. The molecule has 1 aromatic carbocycles. The molecule has 6 nitrogen and oxygen atoms in total. The molecule has 3 rings (SSSR count). The Hall–Kier alpha value is -3.02. The molecule has 0 bridgehead atoms. The number of hydrogen-bond donors (Lipinski definition) is 1. The summed E-state index contributed by atoms with van der Waals surface area (Å²) in [4.78, 5) is 20.2. The minimum absolute atomic E-state index is 0.0444. The van der Waals surface area contributed by atoms with Crippen LogP contribution in [0.4, 0.5) is 0 Å². The van der Waals surface area contributed by atoms with Crippen LogP contribution < -0.4 is 5.32 Å². The molecule has 2 aromatic heterocycles. The molecule has 2 heterocycles. The van der Waals surface area contributed by atoms with Crippen LogP contribution in [-0.4, -0.2) is 27.6 Å². The first-order chi connectivity index (χ1) is 12.3. The van der Waals surface area contributed by atoms with Gasteiger partial charge in [-0.05, 0) is 30.5 Å². The van der Waals surface area contributed by atoms with E-state index < -0.39 is 0 Å². The number of aromatic nitrogens is 3. The summed E-state index contributed by atoms with van der Waals surface area (Å²) in [7, 11) is 0. The number of pyridine rings is 1. The minimum atomic E-state index is 0.0444. The number of rotatable bonds is 8. The smallest absolute Gasteiger partial charge is 0.226 e. The van der Waals surface area contributed by atoms with Crippen molar-refractivity contribution in [1.29, 1.82) is 0 Å². The Morgan fingerprint density at radius 3 is 2.76 bits per heavy atom. The van der Waals surface area contributed by atoms with E-state index in [0.717, 1.165) is 12.0 Å². The number of benzene rings is 1. The highest BCUT2D eigenvalue weighted by Crippen LogP contribution is 2.14. The largest absolute Gasteiger partial charge is 0.356 e. The van der Waals surface area contributed by atoms with E-state index in [4.69, 9.17) is 4.52 Å². The van der Waals surface area contributed by atoms with Gasteiger partial charge in [-0.1, -0.05) is 35.5 Å². The van der Waals surface area contributed by atoms with Crippen molar-refractivity contribution >= 4 is 5.91 Å². The lowest BCUT2D eigenvalue weighted by molar-refractivity contribution is -0.121. The third-order valence-electron chi connectivity index (χ3n) is 3.76. The molecule has 0 unspecified atom stereocenters. The summed E-state index contributed by atoms with van der Waals surface area (Å²) in [5.41, 5.74) is 2.03. The van der Waals surface area contributed by atoms with Gasteiger partial charge in [0.25, 0.3) is 0 Å². The van der Waals surface area contributed by atoms with Crippen LogP contribution in [-0.2, 0) is 17.6 Å². The van der Waals surface area contributed by atoms with E-state index in [2.05, 4.69) is 32.6 Å². The van der Waals surface area contributed by atoms with Crippen LogP contribution >= 0.6 is 0 Å². The van der Waals surface area contributed by atoms with Gasteiger partial charge in [0.1, 0.15) is 0 Å². The Balaban J connectivity index is 1.36. The molecule has 0 aliphatic heterocycles. The van der Waals surface area contributed by atoms with Crippen molar-refractivity contribution < 1.29 is 9.32 Å². The van der Waals surface area contributed by atoms with Crippen LogP contribution in [0.1, 0.15) is 24.3 Å². The lowest BCUT2D eigenvalue weighted by Crippen LogP contribution is -2.25. The third kappa shape index (κ3) is 5.24. The lowest BCUT2D eigenvalue weighted by atomic mass is 10.1. The molecule has 3 aromatic rings. The predicted octanol–water partition coefficient (Wildman–Crippen LogP) is 2.81. The first kappa shape index (κ1) is 16.8. The first-order valence-corrected chi connectivity index (χ1v) is 8.35. The molecule has 0 fully saturated rings. The fourth-order valence-electron chi connectivity index (χ4n) is 2.45. The van der Waals surface area contributed by atoms with Crippen molar-refractivity contribution in [3.8, 4) is 11.4 Å². The molecule has 0 radical (unpaired) electrons. The molecule has 0 aliphatic carbocycles. The fraction of sp³-hybridized carbons (Fsp3) is 0.263. The van der Waals surface area contributed by atoms with Gasteiger partial charge in [-0.25, -0.2) is 0 Å². The van der Waals surface area contributed by atoms with Crippen LogP contribution in [0.25, 0.3) is 11.4 Å². The Bertz CT molecular complexity index is 787. The molecule has 6 heteroatoms. The zero-order chi connectivity index (χ0) is 17.3. The summed E-state index contributed by atoms with van der Waals surface area (Å²) < 4.78 is 5.22. The number of aryl methyl sites for hydroxylation is 1. The Morgan fingerprint density at radius 2 is 1.96 bits per heavy atom. The maximum atomic E-state index is 11.9. The van der Waals surface area contributed by atoms with Gasteiger partial charge in [-0.15, -0.1) is 0 Å². The van der Waals surface area contributed by atoms with Crippen molar-refractivity contribution in [2.45, 2.75) is 25.7 Å². The maximum Gasteiger partial charge on any atom is 0.226 e. The Kier molecular flexibility index (Phi) is 5.87. The van der Waals surface area contributed by atoms with E-state index in [-0.39, 0.29) is 5.91 Å². The zero-order valence-corrected chi connectivity index (χ0v) is 13.9. The van der Waals surface area contributed by atoms with E-state index in [0.29, 0.717) is 37.5 Å². The molecule has 0 aliphatic rings. The average molecular weight is 336 g/mol. The topological polar surface area (TPSA) is 80.9 Å². The number of nitrogens with zero attached hydrogens (tertiary/aromatic N) is 3. The van der Waals surface area contributed by atoms with Gasteiger partial charge in [0.2, 0.25) is 17.6 Å². The number of amides is 1. The summed E-state index contributed by atoms with van der Waals surface area (Å²) in [5.74, 6) is 1.11. The highest BCUT2D eigenvalue weighted by Gasteiger charge is 2.09. The minimum Gasteiger partial charge on any atom is -0.356 e. The van der Waals surface area contributed by atoms with Crippen LogP contribution in [0.2, 0.25) is 0 Å². The molecular formula is C19H20N4O2. The van der Waals surface area contributed by atoms with E-state index in [1.807, 2.05) is 30.3 Å². The van der Waals surface area contributed by atoms with E-state index in [9.17, 15) is 4.79 Å². The van der Waals surface area contributed by atoms with Gasteiger partial charge in [0.05, 0.1) is 0 Å². The molecule has 0 saturated heterocycles. The molecule has 1 amide bonds. The number of carbonyl (C=O) groups excluding carboxylic acids is 1. The quantitative estimate of drug-likeness (QED) is 0.684. The highest BCUT2D eigenvalue weighted by molar-refractivity contribution is 5.75. The molecular weight excluding hydrogens is 316 g/mol. The molecule has 1 N–H and O–H groups in total. The number of carbonyl (C=O) groups is 1. The highest BCUT2D eigenvalue weighted by atomic mass is 16.5. The molecule has 0 atom stereocenters. The second-order valence-corrected chi connectivity index (χ2v) is 5.69. The summed E-state index contributed by atoms with van der Waals surface area (Å²) in [6.45, 7) is 0.647. The molecule has 0 spiro atoms. The van der Waals surface area contributed by atoms with Crippen LogP contribution in [0, 0.1) is 0 Å². The SMILES string of the molecule is O=C(CCCc1nc(-c2cccnc2)no1)NCCc1ccccc1. The summed E-state index contributed by atoms with van der Waals surface area (Å²) in [5, 5.41) is 6.88. The average Bonchev–Trinajstić information content (AvgIpc) is 3.12. The fourth-order valence-corrected chi connectivity index (χ4v) is 2.45. The van der Waals surface area contributed by atoms with E-state index >= 15 is 0 Å². The molecule has 25 heavy (non-hydrogen) atoms. The van der Waals surface area contributed by atoms with Gasteiger partial charge in [0, 0.05) is 37.3 Å². The van der Waals surface area contributed by atoms with Gasteiger partial charge in [0.15, 0.2) is 0 Å². The molecule has 0 saturated carbocycles. The predicted molar refractivity (Wildman–Crippen MR) is 93.6 cm³/mol. The first-order valence-electron chi connectivity index (χ1n) is 8.35. The van der Waals surface area contributed by atoms with E-state index in [1.165, 1.54) is 5.56 Å². The number of hydrogen-bond acceptors (Lipinski definition) is 5. The normalized spacial score (nSPS) is 10.6. The molecule has 128 valence electrons. The Morgan fingerprint density at radius 1 is 1.08 bits per heavy atom. The lowest BCUT2D eigenvalue weighted by Gasteiger charge is -2.04. The van der Waals surface area contributed by atoms with Crippen LogP contribution in [0.15, 0.2) is 59.4 Å². The van der Waals surface area contributed by atoms with Crippen molar-refractivity contribution in [1.82, 2.24) is 20.4 Å². The Labute approximate surface area is 146 Å². The van der Waals surface area contributed by atoms with Gasteiger partial charge in [-0.2, -0.15) is 4.98 Å². The van der Waals surface area contributed by atoms with Gasteiger partial charge >= 0.3 is 0 Å². The standard InChI is InChI=1S/C19H20N4O2/c24-17(21-13-11-15-6-2-1-3-7-15)9-4-10-18-22-19(23-25-18)16-8-5-12-20-14-16/h1-3,5-8,12,14H,4,9-11,13H2,(H,21,24). The van der Waals surface area contributed by atoms with Crippen molar-refractivity contribution in [3.05, 3.63) is 66.3 Å². The summed E-state index contributed by atoms with van der Waals surface area (Å²) in [6.07, 6.45) is 5.92. The van der Waals surface area contributed by atoms with Crippen molar-refractivity contribution in [3.63, 3.8) is 0 Å². The second kappa shape index (κ2) is 8.73.